The van der Waals surface area contributed by atoms with Gasteiger partial charge in [0.15, 0.2) is 0 Å². The van der Waals surface area contributed by atoms with E-state index in [0.29, 0.717) is 5.92 Å². The molecule has 2 heterocycles. The van der Waals surface area contributed by atoms with Crippen LogP contribution in [0, 0.1) is 6.92 Å². The first-order valence-corrected chi connectivity index (χ1v) is 10.1. The summed E-state index contributed by atoms with van der Waals surface area (Å²) in [6.45, 7) is 6.41. The van der Waals surface area contributed by atoms with Crippen LogP contribution in [0.5, 0.6) is 0 Å². The number of rotatable bonds is 2. The molecule has 1 aliphatic rings. The van der Waals surface area contributed by atoms with Crippen LogP contribution in [0.3, 0.4) is 0 Å². The van der Waals surface area contributed by atoms with Crippen molar-refractivity contribution in [3.63, 3.8) is 0 Å². The fourth-order valence-electron chi connectivity index (χ4n) is 3.47. The van der Waals surface area contributed by atoms with E-state index >= 15 is 0 Å². The first-order valence-electron chi connectivity index (χ1n) is 8.00. The fraction of sp³-hybridized carbons (Fsp3) is 0.500. The summed E-state index contributed by atoms with van der Waals surface area (Å²) in [7, 11) is -2.26. The lowest BCUT2D eigenvalue weighted by atomic mass is 10.0. The predicted octanol–water partition coefficient (Wildman–Crippen LogP) is 4.84. The molecule has 2 nitrogen and oxygen atoms in total. The Kier molecular flexibility index (Phi) is 3.92. The fourth-order valence-corrected chi connectivity index (χ4v) is 7.05. The Bertz CT molecular complexity index is 710. The third-order valence-corrected chi connectivity index (χ3v) is 7.97. The Morgan fingerprint density at radius 2 is 1.76 bits per heavy atom. The van der Waals surface area contributed by atoms with E-state index in [1.807, 2.05) is 13.0 Å². The summed E-state index contributed by atoms with van der Waals surface area (Å²) >= 11 is 0. The Labute approximate surface area is 127 Å². The van der Waals surface area contributed by atoms with Gasteiger partial charge < -0.3 is 4.57 Å². The Hall–Kier alpha value is -1.14. The Balaban J connectivity index is 2.30. The van der Waals surface area contributed by atoms with Crippen molar-refractivity contribution in [2.24, 2.45) is 0 Å². The zero-order valence-electron chi connectivity index (χ0n) is 13.2. The molecule has 0 saturated carbocycles. The highest BCUT2D eigenvalue weighted by Gasteiger charge is 2.31. The highest BCUT2D eigenvalue weighted by Crippen LogP contribution is 2.52. The van der Waals surface area contributed by atoms with Gasteiger partial charge in [0, 0.05) is 28.7 Å². The number of aromatic nitrogens is 1. The second-order valence-electron chi connectivity index (χ2n) is 6.57. The number of nitrogens with zero attached hydrogens (tertiary/aromatic N) is 1. The number of aryl methyl sites for hydroxylation is 1. The van der Waals surface area contributed by atoms with Gasteiger partial charge in [0.05, 0.1) is 5.52 Å². The van der Waals surface area contributed by atoms with E-state index < -0.39 is 7.14 Å². The molecule has 0 atom stereocenters. The van der Waals surface area contributed by atoms with Crippen molar-refractivity contribution in [3.05, 3.63) is 35.5 Å². The quantitative estimate of drug-likeness (QED) is 0.743. The van der Waals surface area contributed by atoms with Gasteiger partial charge in [-0.05, 0) is 43.4 Å². The minimum absolute atomic E-state index is 0.401. The van der Waals surface area contributed by atoms with E-state index in [1.54, 1.807) is 0 Å². The minimum Gasteiger partial charge on any atom is -0.319 e. The highest BCUT2D eigenvalue weighted by molar-refractivity contribution is 7.72. The molecule has 0 bridgehead atoms. The van der Waals surface area contributed by atoms with Crippen LogP contribution in [0.4, 0.5) is 0 Å². The third-order valence-electron chi connectivity index (χ3n) is 4.58. The molecular formula is C18H24NOP. The van der Waals surface area contributed by atoms with Crippen LogP contribution in [0.25, 0.3) is 10.9 Å². The molecule has 1 aliphatic heterocycles. The van der Waals surface area contributed by atoms with Gasteiger partial charge >= 0.3 is 0 Å². The van der Waals surface area contributed by atoms with Crippen LogP contribution in [-0.2, 0) is 4.57 Å². The average Bonchev–Trinajstić information content (AvgIpc) is 2.46. The molecule has 0 N–H and O–H groups in total. The summed E-state index contributed by atoms with van der Waals surface area (Å²) in [4.78, 5) is 4.64. The third kappa shape index (κ3) is 2.66. The van der Waals surface area contributed by atoms with E-state index in [-0.39, 0.29) is 0 Å². The molecular weight excluding hydrogens is 277 g/mol. The maximum absolute atomic E-state index is 13.6. The molecule has 0 aliphatic carbocycles. The molecule has 3 heteroatoms. The number of benzene rings is 1. The smallest absolute Gasteiger partial charge is 0.116 e. The van der Waals surface area contributed by atoms with Gasteiger partial charge in [0.1, 0.15) is 7.14 Å². The second-order valence-corrected chi connectivity index (χ2v) is 9.69. The van der Waals surface area contributed by atoms with Gasteiger partial charge in [-0.15, -0.1) is 0 Å². The summed E-state index contributed by atoms with van der Waals surface area (Å²) in [5.74, 6) is 0.401. The Morgan fingerprint density at radius 1 is 1.05 bits per heavy atom. The number of pyridine rings is 1. The molecule has 0 spiro atoms. The number of fused-ring (bicyclic) bond motifs is 1. The summed E-state index contributed by atoms with van der Waals surface area (Å²) in [6, 6.07) is 8.43. The number of hydrogen-bond acceptors (Lipinski definition) is 2. The van der Waals surface area contributed by atoms with Crippen LogP contribution >= 0.6 is 7.14 Å². The van der Waals surface area contributed by atoms with E-state index in [0.717, 1.165) is 47.1 Å². The van der Waals surface area contributed by atoms with Crippen molar-refractivity contribution in [2.75, 3.05) is 12.3 Å². The standard InChI is InChI=1S/C18H24NOP/c1-13(2)15-9-10-17-16(8-7-14(3)19-17)18(15)21(20)11-5-4-6-12-21/h7-10,13H,4-6,11-12H2,1-3H3. The monoisotopic (exact) mass is 301 g/mol. The van der Waals surface area contributed by atoms with Crippen molar-refractivity contribution >= 4 is 23.3 Å². The van der Waals surface area contributed by atoms with Crippen LogP contribution < -0.4 is 5.30 Å². The minimum atomic E-state index is -2.26. The summed E-state index contributed by atoms with van der Waals surface area (Å²) in [5, 5.41) is 2.26. The molecule has 0 unspecified atom stereocenters. The lowest BCUT2D eigenvalue weighted by molar-refractivity contribution is 0.567. The topological polar surface area (TPSA) is 30.0 Å². The van der Waals surface area contributed by atoms with E-state index in [1.165, 1.54) is 12.0 Å². The first-order chi connectivity index (χ1) is 10.0. The van der Waals surface area contributed by atoms with Gasteiger partial charge in [-0.2, -0.15) is 0 Å². The van der Waals surface area contributed by atoms with Gasteiger partial charge in [0.2, 0.25) is 0 Å². The summed E-state index contributed by atoms with van der Waals surface area (Å²) in [6.07, 6.45) is 5.18. The van der Waals surface area contributed by atoms with Crippen molar-refractivity contribution in [1.82, 2.24) is 4.98 Å². The highest BCUT2D eigenvalue weighted by atomic mass is 31.2. The van der Waals surface area contributed by atoms with Gasteiger partial charge in [-0.1, -0.05) is 32.4 Å². The Morgan fingerprint density at radius 3 is 2.43 bits per heavy atom. The van der Waals surface area contributed by atoms with E-state index in [9.17, 15) is 4.57 Å². The maximum atomic E-state index is 13.6. The second kappa shape index (κ2) is 5.57. The van der Waals surface area contributed by atoms with Crippen LogP contribution in [0.1, 0.15) is 50.3 Å². The molecule has 1 fully saturated rings. The molecule has 3 rings (SSSR count). The first kappa shape index (κ1) is 14.8. The molecule has 21 heavy (non-hydrogen) atoms. The zero-order chi connectivity index (χ0) is 15.0. The molecule has 1 aromatic carbocycles. The summed E-state index contributed by atoms with van der Waals surface area (Å²) in [5.41, 5.74) is 3.28. The molecule has 2 aromatic rings. The van der Waals surface area contributed by atoms with Gasteiger partial charge in [0.25, 0.3) is 0 Å². The van der Waals surface area contributed by atoms with E-state index in [2.05, 4.69) is 37.0 Å². The predicted molar refractivity (Wildman–Crippen MR) is 91.4 cm³/mol. The van der Waals surface area contributed by atoms with Crippen LogP contribution in [0.15, 0.2) is 24.3 Å². The number of hydrogen-bond donors (Lipinski definition) is 0. The SMILES string of the molecule is Cc1ccc2c(P3(=O)CCCCC3)c(C(C)C)ccc2n1. The molecule has 0 amide bonds. The van der Waals surface area contributed by atoms with Crippen molar-refractivity contribution in [1.29, 1.82) is 0 Å². The molecule has 112 valence electrons. The maximum Gasteiger partial charge on any atom is 0.116 e. The van der Waals surface area contributed by atoms with Crippen molar-refractivity contribution in [2.45, 2.75) is 46.0 Å². The van der Waals surface area contributed by atoms with Crippen molar-refractivity contribution in [3.8, 4) is 0 Å². The van der Waals surface area contributed by atoms with Crippen molar-refractivity contribution < 1.29 is 4.57 Å². The lowest BCUT2D eigenvalue weighted by Crippen LogP contribution is -2.20. The van der Waals surface area contributed by atoms with E-state index in [4.69, 9.17) is 0 Å². The molecule has 1 saturated heterocycles. The summed E-state index contributed by atoms with van der Waals surface area (Å²) < 4.78 is 13.6. The average molecular weight is 301 g/mol. The normalized spacial score (nSPS) is 18.3. The molecule has 0 radical (unpaired) electrons. The van der Waals surface area contributed by atoms with Gasteiger partial charge in [-0.3, -0.25) is 4.98 Å². The largest absolute Gasteiger partial charge is 0.319 e. The zero-order valence-corrected chi connectivity index (χ0v) is 14.1. The van der Waals surface area contributed by atoms with Gasteiger partial charge in [-0.25, -0.2) is 0 Å². The lowest BCUT2D eigenvalue weighted by Gasteiger charge is -2.27. The van der Waals surface area contributed by atoms with Crippen LogP contribution in [0.2, 0.25) is 0 Å². The van der Waals surface area contributed by atoms with Crippen LogP contribution in [-0.4, -0.2) is 17.3 Å². The molecule has 1 aromatic heterocycles.